The minimum Gasteiger partial charge on any atom is -0.432 e. The SMILES string of the molecule is C[C@@H]1O[C@@H](O[C@H]2[C@H](OC3CC[C@]4(C)[C@H]5CC=C6[C@@H]7CC(C)(C)CC[C@]7(C(=O)O[C@@H]7OC[C@H](O)[C@H](O)[C@H]7O[C@@H]7O[C@@H](C)[C@H](O[C@@H]8O[C@H](CO)[C@@H](O)[C@H](O)[C@H]8O)[C@@H](O)[C@H]7O)CC[C@@]6(C)[C@]5(C)CC[C@H]4C3(C)C)O[C@H](CO)[C@@H](O[C@@H]3OC[C@@H](O)[C@H](O)[C@H]3O)[C@@H]2O)[C@H](O)[C@H](O)[C@H]1O. The van der Waals surface area contributed by atoms with E-state index in [4.69, 9.17) is 56.8 Å². The number of allylic oxidation sites excluding steroid dienone is 2. The third-order valence-electron chi connectivity index (χ3n) is 24.8. The second kappa shape index (κ2) is 26.9. The standard InChI is InChI=1S/C64H104O29/c1-25-36(69)40(73)44(77)53(84-25)92-51-47(80)49(90-52-43(76)37(70)29(67)23-82-52)32(22-66)87-57(51)88-35-13-14-61(7)33(60(35,5)6)12-15-63(9)34(61)11-10-27-28-20-59(3,4)16-18-64(28,19-17-62(27,63)8)58(81)93-56-50(38(71)30(68)24-83-56)91-54-46(79)42(75)48(26(2)85-54)89-55-45(78)41(74)39(72)31(21-65)86-55/h10,25-26,28-57,65-80H,11-24H2,1-9H3/t25-,26-,28-,29+,30-,31+,32+,33-,34+,35?,36-,37-,38-,39+,40+,41-,42-,43+,44+,45+,46+,47-,48-,49+,50+,51+,52-,53-,54-,55-,56-,57-,61-,62+,63+,64-/m0/s1. The number of hydrogen-bond acceptors (Lipinski definition) is 29. The zero-order valence-electron chi connectivity index (χ0n) is 54.4. The van der Waals surface area contributed by atoms with Crippen LogP contribution in [0.15, 0.2) is 11.6 Å². The number of hydrogen-bond donors (Lipinski definition) is 16. The van der Waals surface area contributed by atoms with Crippen molar-refractivity contribution in [2.45, 2.75) is 305 Å². The van der Waals surface area contributed by atoms with E-state index in [0.717, 1.165) is 12.8 Å². The average Bonchev–Trinajstić information content (AvgIpc) is 0.676. The molecule has 0 aromatic rings. The molecule has 5 aliphatic carbocycles. The molecule has 16 N–H and O–H groups in total. The van der Waals surface area contributed by atoms with Crippen LogP contribution in [0.3, 0.4) is 0 Å². The van der Waals surface area contributed by atoms with Gasteiger partial charge in [-0.05, 0) is 123 Å². The lowest BCUT2D eigenvalue weighted by molar-refractivity contribution is -0.391. The molecule has 29 nitrogen and oxygen atoms in total. The van der Waals surface area contributed by atoms with Crippen molar-refractivity contribution in [3.8, 4) is 0 Å². The number of rotatable bonds is 14. The molecule has 0 aromatic heterocycles. The highest BCUT2D eigenvalue weighted by Gasteiger charge is 2.71. The van der Waals surface area contributed by atoms with Crippen LogP contribution >= 0.6 is 0 Å². The van der Waals surface area contributed by atoms with E-state index < -0.39 is 227 Å². The largest absolute Gasteiger partial charge is 0.432 e. The van der Waals surface area contributed by atoms with Crippen LogP contribution in [-0.2, 0) is 61.6 Å². The van der Waals surface area contributed by atoms with Crippen molar-refractivity contribution in [2.24, 2.45) is 50.2 Å². The molecule has 534 valence electrons. The second-order valence-corrected chi connectivity index (χ2v) is 31.0. The van der Waals surface area contributed by atoms with Crippen LogP contribution in [0, 0.1) is 50.2 Å². The normalized spacial score (nSPS) is 54.7. The molecule has 0 aromatic carbocycles. The molecule has 0 radical (unpaired) electrons. The summed E-state index contributed by atoms with van der Waals surface area (Å²) in [5.74, 6) is -0.645. The lowest BCUT2D eigenvalue weighted by atomic mass is 9.33. The summed E-state index contributed by atoms with van der Waals surface area (Å²) in [5.41, 5.74) is -1.58. The fourth-order valence-electron chi connectivity index (χ4n) is 18.8. The molecule has 10 fully saturated rings. The monoisotopic (exact) mass is 1340 g/mol. The molecular weight excluding hydrogens is 1230 g/mol. The van der Waals surface area contributed by atoms with E-state index in [2.05, 4.69) is 54.5 Å². The van der Waals surface area contributed by atoms with Gasteiger partial charge < -0.3 is 139 Å². The summed E-state index contributed by atoms with van der Waals surface area (Å²) >= 11 is 0. The number of aliphatic hydroxyl groups excluding tert-OH is 16. The molecule has 11 rings (SSSR count). The molecule has 11 aliphatic rings. The Morgan fingerprint density at radius 2 is 1.02 bits per heavy atom. The minimum absolute atomic E-state index is 0.0503. The van der Waals surface area contributed by atoms with E-state index in [0.29, 0.717) is 51.4 Å². The first-order valence-corrected chi connectivity index (χ1v) is 33.4. The van der Waals surface area contributed by atoms with Crippen LogP contribution in [-0.4, -0.2) is 292 Å². The summed E-state index contributed by atoms with van der Waals surface area (Å²) in [6.45, 7) is 16.4. The minimum atomic E-state index is -1.92. The van der Waals surface area contributed by atoms with Crippen molar-refractivity contribution in [1.29, 1.82) is 0 Å². The Labute approximate surface area is 540 Å². The van der Waals surface area contributed by atoms with Crippen molar-refractivity contribution in [2.75, 3.05) is 26.4 Å². The summed E-state index contributed by atoms with van der Waals surface area (Å²) in [7, 11) is 0. The first-order valence-electron chi connectivity index (χ1n) is 33.4. The molecule has 36 atom stereocenters. The molecule has 6 heterocycles. The molecule has 29 heteroatoms. The van der Waals surface area contributed by atoms with Crippen molar-refractivity contribution in [3.05, 3.63) is 11.6 Å². The molecule has 0 spiro atoms. The third kappa shape index (κ3) is 12.4. The topological polar surface area (TPSA) is 452 Å². The maximum atomic E-state index is 15.5. The van der Waals surface area contributed by atoms with Crippen LogP contribution in [0.5, 0.6) is 0 Å². The fourth-order valence-corrected chi connectivity index (χ4v) is 18.8. The van der Waals surface area contributed by atoms with Gasteiger partial charge in [0, 0.05) is 0 Å². The number of carbonyl (C=O) groups excluding carboxylic acids is 1. The molecule has 6 aliphatic heterocycles. The summed E-state index contributed by atoms with van der Waals surface area (Å²) in [4.78, 5) is 15.5. The van der Waals surface area contributed by atoms with Gasteiger partial charge in [0.15, 0.2) is 37.6 Å². The van der Waals surface area contributed by atoms with E-state index in [9.17, 15) is 81.7 Å². The van der Waals surface area contributed by atoms with Gasteiger partial charge in [0.1, 0.15) is 116 Å². The van der Waals surface area contributed by atoms with Gasteiger partial charge in [-0.3, -0.25) is 4.79 Å². The van der Waals surface area contributed by atoms with E-state index in [1.54, 1.807) is 0 Å². The Morgan fingerprint density at radius 3 is 1.68 bits per heavy atom. The number of carbonyl (C=O) groups is 1. The van der Waals surface area contributed by atoms with E-state index in [-0.39, 0.29) is 34.0 Å². The highest BCUT2D eigenvalue weighted by Crippen LogP contribution is 2.76. The van der Waals surface area contributed by atoms with Crippen LogP contribution in [0.1, 0.15) is 127 Å². The first kappa shape index (κ1) is 72.4. The van der Waals surface area contributed by atoms with E-state index in [1.165, 1.54) is 19.4 Å². The predicted octanol–water partition coefficient (Wildman–Crippen LogP) is -3.05. The van der Waals surface area contributed by atoms with Gasteiger partial charge in [0.05, 0.1) is 50.2 Å². The van der Waals surface area contributed by atoms with Gasteiger partial charge in [0.25, 0.3) is 0 Å². The Kier molecular flexibility index (Phi) is 20.9. The van der Waals surface area contributed by atoms with E-state index >= 15 is 4.79 Å². The van der Waals surface area contributed by atoms with Crippen molar-refractivity contribution < 1.29 is 143 Å². The van der Waals surface area contributed by atoms with Crippen LogP contribution < -0.4 is 0 Å². The summed E-state index contributed by atoms with van der Waals surface area (Å²) in [5, 5.41) is 173. The third-order valence-corrected chi connectivity index (χ3v) is 24.8. The zero-order chi connectivity index (χ0) is 67.7. The lowest BCUT2D eigenvalue weighted by Gasteiger charge is -2.71. The summed E-state index contributed by atoms with van der Waals surface area (Å²) in [6, 6.07) is 0. The second-order valence-electron chi connectivity index (χ2n) is 31.0. The fraction of sp³-hybridized carbons (Fsp3) is 0.953. The predicted molar refractivity (Wildman–Crippen MR) is 313 cm³/mol. The molecular formula is C64H104O29. The smallest absolute Gasteiger partial charge is 0.315 e. The summed E-state index contributed by atoms with van der Waals surface area (Å²) in [6.07, 6.45) is -36.4. The summed E-state index contributed by atoms with van der Waals surface area (Å²) < 4.78 is 72.8. The molecule has 1 unspecified atom stereocenters. The Morgan fingerprint density at radius 1 is 0.484 bits per heavy atom. The zero-order valence-corrected chi connectivity index (χ0v) is 54.4. The van der Waals surface area contributed by atoms with Crippen LogP contribution in [0.2, 0.25) is 0 Å². The van der Waals surface area contributed by atoms with Gasteiger partial charge in [-0.15, -0.1) is 0 Å². The highest BCUT2D eigenvalue weighted by atomic mass is 16.8. The quantitative estimate of drug-likeness (QED) is 0.0467. The van der Waals surface area contributed by atoms with Gasteiger partial charge in [0.2, 0.25) is 6.29 Å². The van der Waals surface area contributed by atoms with E-state index in [1.807, 2.05) is 0 Å². The Balaban J connectivity index is 0.808. The Bertz CT molecular complexity index is 2620. The maximum Gasteiger partial charge on any atom is 0.315 e. The molecule has 4 saturated carbocycles. The van der Waals surface area contributed by atoms with Gasteiger partial charge in [-0.25, -0.2) is 0 Å². The molecule has 93 heavy (non-hydrogen) atoms. The maximum absolute atomic E-state index is 15.5. The first-order chi connectivity index (χ1) is 43.6. The van der Waals surface area contributed by atoms with Crippen molar-refractivity contribution >= 4 is 5.97 Å². The highest BCUT2D eigenvalue weighted by molar-refractivity contribution is 5.79. The number of esters is 1. The van der Waals surface area contributed by atoms with Gasteiger partial charge >= 0.3 is 5.97 Å². The number of ether oxygens (including phenoxy) is 12. The van der Waals surface area contributed by atoms with Crippen LogP contribution in [0.4, 0.5) is 0 Å². The van der Waals surface area contributed by atoms with Crippen molar-refractivity contribution in [1.82, 2.24) is 0 Å². The van der Waals surface area contributed by atoms with Gasteiger partial charge in [-0.1, -0.05) is 60.1 Å². The lowest BCUT2D eigenvalue weighted by Crippen LogP contribution is -2.67. The van der Waals surface area contributed by atoms with Crippen molar-refractivity contribution in [3.63, 3.8) is 0 Å². The number of fused-ring (bicyclic) bond motifs is 7. The molecule has 0 bridgehead atoms. The van der Waals surface area contributed by atoms with Gasteiger partial charge in [-0.2, -0.15) is 0 Å². The average molecular weight is 1340 g/mol. The van der Waals surface area contributed by atoms with Crippen LogP contribution in [0.25, 0.3) is 0 Å². The molecule has 6 saturated heterocycles. The Hall–Kier alpha value is -1.87. The molecule has 0 amide bonds. The number of aliphatic hydroxyl groups is 16.